The number of anilines is 1. The van der Waals surface area contributed by atoms with Gasteiger partial charge in [0.2, 0.25) is 5.89 Å². The fourth-order valence-corrected chi connectivity index (χ4v) is 3.64. The number of carbonyl (C=O) groups excluding carboxylic acids is 1. The Balaban J connectivity index is 1.47. The molecule has 0 aliphatic carbocycles. The highest BCUT2D eigenvalue weighted by molar-refractivity contribution is 7.80. The fourth-order valence-electron chi connectivity index (χ4n) is 3.43. The predicted molar refractivity (Wildman–Crippen MR) is 138 cm³/mol. The molecule has 0 saturated carbocycles. The molecule has 0 saturated heterocycles. The Hall–Kier alpha value is -4.11. The number of thiocarbonyl (C=S) groups is 1. The number of nitrogens with zero attached hydrogens (tertiary/aromatic N) is 1. The van der Waals surface area contributed by atoms with E-state index in [9.17, 15) is 4.79 Å². The molecule has 0 radical (unpaired) electrons. The van der Waals surface area contributed by atoms with Crippen LogP contribution in [-0.2, 0) is 0 Å². The van der Waals surface area contributed by atoms with Gasteiger partial charge in [0.15, 0.2) is 10.7 Å². The maximum atomic E-state index is 12.8. The third-order valence-electron chi connectivity index (χ3n) is 4.95. The normalized spacial score (nSPS) is 10.6. The first-order valence-corrected chi connectivity index (χ1v) is 11.5. The summed E-state index contributed by atoms with van der Waals surface area (Å²) in [6, 6.07) is 17.9. The van der Waals surface area contributed by atoms with E-state index in [4.69, 9.17) is 30.8 Å². The first kappa shape index (κ1) is 24.0. The van der Waals surface area contributed by atoms with Crippen LogP contribution in [-0.4, -0.2) is 36.3 Å². The molecular weight excluding hydrogens is 466 g/mol. The number of carbonyl (C=O) groups is 1. The predicted octanol–water partition coefficient (Wildman–Crippen LogP) is 5.43. The summed E-state index contributed by atoms with van der Waals surface area (Å²) in [5.74, 6) is 1.91. The number of ether oxygens (including phenoxy) is 3. The van der Waals surface area contributed by atoms with E-state index in [1.54, 1.807) is 43.5 Å². The summed E-state index contributed by atoms with van der Waals surface area (Å²) < 4.78 is 22.2. The highest BCUT2D eigenvalue weighted by atomic mass is 32.1. The molecule has 1 heterocycles. The Morgan fingerprint density at radius 3 is 2.40 bits per heavy atom. The Kier molecular flexibility index (Phi) is 7.47. The van der Waals surface area contributed by atoms with Crippen LogP contribution in [0.15, 0.2) is 65.1 Å². The van der Waals surface area contributed by atoms with E-state index >= 15 is 0 Å². The molecule has 0 unspecified atom stereocenters. The van der Waals surface area contributed by atoms with Crippen LogP contribution in [0.5, 0.6) is 17.2 Å². The molecule has 9 heteroatoms. The van der Waals surface area contributed by atoms with Crippen molar-refractivity contribution in [2.24, 2.45) is 0 Å². The first-order chi connectivity index (χ1) is 17.0. The van der Waals surface area contributed by atoms with Gasteiger partial charge in [-0.1, -0.05) is 6.07 Å². The summed E-state index contributed by atoms with van der Waals surface area (Å²) in [5, 5.41) is 5.85. The summed E-state index contributed by atoms with van der Waals surface area (Å²) in [4.78, 5) is 17.4. The fraction of sp³-hybridized carbons (Fsp3) is 0.192. The minimum absolute atomic E-state index is 0.144. The molecule has 1 aromatic heterocycles. The third-order valence-corrected chi connectivity index (χ3v) is 5.16. The van der Waals surface area contributed by atoms with Crippen molar-refractivity contribution in [3.05, 3.63) is 66.2 Å². The monoisotopic (exact) mass is 491 g/mol. The molecule has 180 valence electrons. The van der Waals surface area contributed by atoms with Gasteiger partial charge in [-0.15, -0.1) is 0 Å². The van der Waals surface area contributed by atoms with E-state index in [-0.39, 0.29) is 11.0 Å². The second-order valence-electron chi connectivity index (χ2n) is 7.40. The summed E-state index contributed by atoms with van der Waals surface area (Å²) >= 11 is 5.35. The average molecular weight is 492 g/mol. The van der Waals surface area contributed by atoms with E-state index < -0.39 is 0 Å². The summed E-state index contributed by atoms with van der Waals surface area (Å²) in [5.41, 5.74) is 3.11. The number of methoxy groups -OCH3 is 1. The SMILES string of the molecule is CCOc1cc(OCC)cc(C(=O)NC(=S)Nc2ccc3oc(-c4cccc(OC)c4)nc3c2)c1. The van der Waals surface area contributed by atoms with Crippen molar-refractivity contribution in [2.75, 3.05) is 25.6 Å². The maximum Gasteiger partial charge on any atom is 0.257 e. The highest BCUT2D eigenvalue weighted by Crippen LogP contribution is 2.28. The number of aromatic nitrogens is 1. The third kappa shape index (κ3) is 5.88. The molecular formula is C26H25N3O5S. The molecule has 0 bridgehead atoms. The summed E-state index contributed by atoms with van der Waals surface area (Å²) in [6.07, 6.45) is 0. The smallest absolute Gasteiger partial charge is 0.257 e. The first-order valence-electron chi connectivity index (χ1n) is 11.1. The molecule has 0 aliphatic rings. The Morgan fingerprint density at radius 1 is 0.971 bits per heavy atom. The molecule has 0 spiro atoms. The molecule has 0 aliphatic heterocycles. The van der Waals surface area contributed by atoms with Crippen LogP contribution < -0.4 is 24.8 Å². The van der Waals surface area contributed by atoms with Crippen LogP contribution in [0.25, 0.3) is 22.6 Å². The molecule has 4 aromatic rings. The summed E-state index contributed by atoms with van der Waals surface area (Å²) in [6.45, 7) is 4.69. The number of fused-ring (bicyclic) bond motifs is 1. The van der Waals surface area contributed by atoms with Crippen molar-refractivity contribution < 1.29 is 23.4 Å². The Morgan fingerprint density at radius 2 is 1.71 bits per heavy atom. The van der Waals surface area contributed by atoms with Gasteiger partial charge in [0.05, 0.1) is 20.3 Å². The lowest BCUT2D eigenvalue weighted by Crippen LogP contribution is -2.34. The van der Waals surface area contributed by atoms with E-state index in [0.717, 1.165) is 5.56 Å². The van der Waals surface area contributed by atoms with Crippen LogP contribution in [0.3, 0.4) is 0 Å². The zero-order valence-electron chi connectivity index (χ0n) is 19.6. The topological polar surface area (TPSA) is 94.9 Å². The largest absolute Gasteiger partial charge is 0.497 e. The number of hydrogen-bond acceptors (Lipinski definition) is 7. The molecule has 8 nitrogen and oxygen atoms in total. The van der Waals surface area contributed by atoms with E-state index in [2.05, 4.69) is 15.6 Å². The van der Waals surface area contributed by atoms with Crippen molar-refractivity contribution >= 4 is 40.0 Å². The minimum Gasteiger partial charge on any atom is -0.497 e. The van der Waals surface area contributed by atoms with Crippen molar-refractivity contribution in [3.63, 3.8) is 0 Å². The average Bonchev–Trinajstić information content (AvgIpc) is 3.28. The van der Waals surface area contributed by atoms with Gasteiger partial charge < -0.3 is 23.9 Å². The number of hydrogen-bond donors (Lipinski definition) is 2. The minimum atomic E-state index is -0.382. The van der Waals surface area contributed by atoms with Crippen LogP contribution in [0, 0.1) is 0 Å². The number of oxazole rings is 1. The second-order valence-corrected chi connectivity index (χ2v) is 7.81. The standard InChI is InChI=1S/C26H25N3O5S/c1-4-32-20-12-17(13-21(15-20)33-5-2)24(30)29-26(35)27-18-9-10-23-22(14-18)28-25(34-23)16-7-6-8-19(11-16)31-3/h6-15H,4-5H2,1-3H3,(H2,27,29,30,35). The molecule has 4 rings (SSSR count). The summed E-state index contributed by atoms with van der Waals surface area (Å²) in [7, 11) is 1.61. The van der Waals surface area contributed by atoms with Gasteiger partial charge in [0.1, 0.15) is 22.8 Å². The van der Waals surface area contributed by atoms with Gasteiger partial charge in [-0.25, -0.2) is 4.98 Å². The number of nitrogens with one attached hydrogen (secondary N) is 2. The number of amides is 1. The van der Waals surface area contributed by atoms with Crippen LogP contribution in [0.2, 0.25) is 0 Å². The zero-order valence-corrected chi connectivity index (χ0v) is 20.4. The van der Waals surface area contributed by atoms with Crippen LogP contribution >= 0.6 is 12.2 Å². The Bertz CT molecular complexity index is 1340. The van der Waals surface area contributed by atoms with Gasteiger partial charge in [-0.3, -0.25) is 10.1 Å². The quantitative estimate of drug-likeness (QED) is 0.315. The van der Waals surface area contributed by atoms with Gasteiger partial charge in [0.25, 0.3) is 5.91 Å². The number of rotatable bonds is 8. The van der Waals surface area contributed by atoms with Gasteiger partial charge in [-0.05, 0) is 74.6 Å². The van der Waals surface area contributed by atoms with Crippen LogP contribution in [0.4, 0.5) is 5.69 Å². The number of benzene rings is 3. The van der Waals surface area contributed by atoms with Gasteiger partial charge in [0, 0.05) is 22.9 Å². The van der Waals surface area contributed by atoms with Crippen LogP contribution in [0.1, 0.15) is 24.2 Å². The van der Waals surface area contributed by atoms with Crippen molar-refractivity contribution in [3.8, 4) is 28.7 Å². The molecule has 2 N–H and O–H groups in total. The van der Waals surface area contributed by atoms with Crippen molar-refractivity contribution in [2.45, 2.75) is 13.8 Å². The van der Waals surface area contributed by atoms with Crippen molar-refractivity contribution in [1.29, 1.82) is 0 Å². The lowest BCUT2D eigenvalue weighted by atomic mass is 10.2. The molecule has 35 heavy (non-hydrogen) atoms. The zero-order chi connectivity index (χ0) is 24.8. The molecule has 0 atom stereocenters. The maximum absolute atomic E-state index is 12.8. The molecule has 1 amide bonds. The van der Waals surface area contributed by atoms with Gasteiger partial charge >= 0.3 is 0 Å². The molecule has 0 fully saturated rings. The van der Waals surface area contributed by atoms with Crippen molar-refractivity contribution in [1.82, 2.24) is 10.3 Å². The van der Waals surface area contributed by atoms with E-state index in [1.807, 2.05) is 38.1 Å². The molecule has 3 aromatic carbocycles. The lowest BCUT2D eigenvalue weighted by Gasteiger charge is -2.12. The Labute approximate surface area is 208 Å². The second kappa shape index (κ2) is 10.9. The van der Waals surface area contributed by atoms with E-state index in [0.29, 0.717) is 58.7 Å². The van der Waals surface area contributed by atoms with E-state index in [1.165, 1.54) is 0 Å². The highest BCUT2D eigenvalue weighted by Gasteiger charge is 2.14. The lowest BCUT2D eigenvalue weighted by molar-refractivity contribution is 0.0976. The van der Waals surface area contributed by atoms with Gasteiger partial charge in [-0.2, -0.15) is 0 Å².